The molecule has 7 heteroatoms. The molecular formula is C18H23N3O3S. The summed E-state index contributed by atoms with van der Waals surface area (Å²) in [6.45, 7) is 3.97. The summed E-state index contributed by atoms with van der Waals surface area (Å²) in [5.74, 6) is 2.57. The topological polar surface area (TPSA) is 74.6 Å². The zero-order valence-corrected chi connectivity index (χ0v) is 15.0. The third kappa shape index (κ3) is 4.66. The Balaban J connectivity index is 1.50. The van der Waals surface area contributed by atoms with Crippen molar-refractivity contribution in [2.24, 2.45) is 0 Å². The molecule has 1 atom stereocenters. The number of carbonyl (C=O) groups is 1. The lowest BCUT2D eigenvalue weighted by Crippen LogP contribution is -2.59. The van der Waals surface area contributed by atoms with Crippen LogP contribution >= 0.6 is 11.8 Å². The smallest absolute Gasteiger partial charge is 0.258 e. The SMILES string of the molecule is N#Cc1cccc(OCC(=O)NC[C@@]2(N3CCOCC3)CCSC2)c1. The minimum Gasteiger partial charge on any atom is -0.484 e. The molecule has 1 aromatic carbocycles. The first-order valence-electron chi connectivity index (χ1n) is 8.52. The van der Waals surface area contributed by atoms with Crippen LogP contribution in [0.2, 0.25) is 0 Å². The number of carbonyl (C=O) groups excluding carboxylic acids is 1. The average Bonchev–Trinajstić information content (AvgIpc) is 3.16. The molecule has 2 saturated heterocycles. The molecule has 1 aromatic rings. The number of nitriles is 1. The van der Waals surface area contributed by atoms with Crippen LogP contribution in [-0.2, 0) is 9.53 Å². The van der Waals surface area contributed by atoms with Crippen molar-refractivity contribution in [3.05, 3.63) is 29.8 Å². The zero-order valence-electron chi connectivity index (χ0n) is 14.2. The van der Waals surface area contributed by atoms with Gasteiger partial charge in [-0.05, 0) is 30.4 Å². The number of hydrogen-bond donors (Lipinski definition) is 1. The Morgan fingerprint density at radius 2 is 2.28 bits per heavy atom. The van der Waals surface area contributed by atoms with E-state index >= 15 is 0 Å². The quantitative estimate of drug-likeness (QED) is 0.822. The first-order valence-corrected chi connectivity index (χ1v) is 9.68. The first-order chi connectivity index (χ1) is 12.2. The fourth-order valence-electron chi connectivity index (χ4n) is 3.25. The van der Waals surface area contributed by atoms with E-state index in [-0.39, 0.29) is 18.1 Å². The number of amides is 1. The van der Waals surface area contributed by atoms with Crippen molar-refractivity contribution in [2.45, 2.75) is 12.0 Å². The van der Waals surface area contributed by atoms with E-state index in [4.69, 9.17) is 14.7 Å². The van der Waals surface area contributed by atoms with Crippen molar-refractivity contribution in [1.82, 2.24) is 10.2 Å². The summed E-state index contributed by atoms with van der Waals surface area (Å²) in [5.41, 5.74) is 0.553. The molecule has 25 heavy (non-hydrogen) atoms. The van der Waals surface area contributed by atoms with E-state index in [1.54, 1.807) is 24.3 Å². The van der Waals surface area contributed by atoms with Crippen LogP contribution in [0.3, 0.4) is 0 Å². The molecule has 2 aliphatic heterocycles. The molecule has 0 unspecified atom stereocenters. The van der Waals surface area contributed by atoms with E-state index in [9.17, 15) is 4.79 Å². The average molecular weight is 361 g/mol. The van der Waals surface area contributed by atoms with Crippen LogP contribution in [0, 0.1) is 11.3 Å². The lowest BCUT2D eigenvalue weighted by Gasteiger charge is -2.43. The van der Waals surface area contributed by atoms with Gasteiger partial charge in [0.25, 0.3) is 5.91 Å². The van der Waals surface area contributed by atoms with Gasteiger partial charge < -0.3 is 14.8 Å². The molecule has 0 spiro atoms. The predicted molar refractivity (Wildman–Crippen MR) is 96.7 cm³/mol. The summed E-state index contributed by atoms with van der Waals surface area (Å²) in [5, 5.41) is 11.9. The fraction of sp³-hybridized carbons (Fsp3) is 0.556. The van der Waals surface area contributed by atoms with Gasteiger partial charge in [-0.1, -0.05) is 6.07 Å². The van der Waals surface area contributed by atoms with Gasteiger partial charge in [0.2, 0.25) is 0 Å². The molecule has 0 radical (unpaired) electrons. The van der Waals surface area contributed by atoms with Gasteiger partial charge in [0.15, 0.2) is 6.61 Å². The Morgan fingerprint density at radius 3 is 3.00 bits per heavy atom. The molecule has 1 N–H and O–H groups in total. The Hall–Kier alpha value is -1.75. The highest BCUT2D eigenvalue weighted by Gasteiger charge is 2.40. The Labute approximate surface area is 152 Å². The van der Waals surface area contributed by atoms with Crippen molar-refractivity contribution >= 4 is 17.7 Å². The molecule has 3 rings (SSSR count). The minimum atomic E-state index is -0.133. The largest absolute Gasteiger partial charge is 0.484 e. The number of rotatable bonds is 6. The van der Waals surface area contributed by atoms with Gasteiger partial charge in [0.1, 0.15) is 5.75 Å². The van der Waals surface area contributed by atoms with Gasteiger partial charge in [0, 0.05) is 30.9 Å². The second kappa shape index (κ2) is 8.56. The van der Waals surface area contributed by atoms with Crippen LogP contribution in [0.15, 0.2) is 24.3 Å². The Bertz CT molecular complexity index is 635. The normalized spacial score (nSPS) is 23.8. The summed E-state index contributed by atoms with van der Waals surface area (Å²) in [7, 11) is 0. The molecule has 2 aliphatic rings. The van der Waals surface area contributed by atoms with Gasteiger partial charge in [-0.15, -0.1) is 0 Å². The number of thioether (sulfide) groups is 1. The summed E-state index contributed by atoms with van der Waals surface area (Å²) in [4.78, 5) is 14.7. The highest BCUT2D eigenvalue weighted by Crippen LogP contribution is 2.33. The van der Waals surface area contributed by atoms with E-state index in [1.807, 2.05) is 11.8 Å². The van der Waals surface area contributed by atoms with Crippen molar-refractivity contribution in [2.75, 3.05) is 51.0 Å². The molecule has 134 valence electrons. The third-order valence-electron chi connectivity index (χ3n) is 4.71. The van der Waals surface area contributed by atoms with E-state index in [0.717, 1.165) is 44.2 Å². The van der Waals surface area contributed by atoms with Gasteiger partial charge in [-0.25, -0.2) is 0 Å². The molecule has 1 amide bonds. The second-order valence-electron chi connectivity index (χ2n) is 6.33. The highest BCUT2D eigenvalue weighted by molar-refractivity contribution is 7.99. The monoisotopic (exact) mass is 361 g/mol. The lowest BCUT2D eigenvalue weighted by atomic mass is 9.95. The molecule has 0 bridgehead atoms. The van der Waals surface area contributed by atoms with Crippen LogP contribution < -0.4 is 10.1 Å². The predicted octanol–water partition coefficient (Wildman–Crippen LogP) is 1.26. The molecule has 0 aromatic heterocycles. The molecule has 2 fully saturated rings. The third-order valence-corrected chi connectivity index (χ3v) is 5.95. The molecule has 2 heterocycles. The van der Waals surface area contributed by atoms with Crippen molar-refractivity contribution < 1.29 is 14.3 Å². The van der Waals surface area contributed by atoms with Crippen LogP contribution in [0.5, 0.6) is 5.75 Å². The second-order valence-corrected chi connectivity index (χ2v) is 7.44. The number of hydrogen-bond acceptors (Lipinski definition) is 6. The molecule has 0 saturated carbocycles. The van der Waals surface area contributed by atoms with Crippen molar-refractivity contribution in [1.29, 1.82) is 5.26 Å². The summed E-state index contributed by atoms with van der Waals surface area (Å²) < 4.78 is 11.0. The summed E-state index contributed by atoms with van der Waals surface area (Å²) in [6.07, 6.45) is 1.09. The minimum absolute atomic E-state index is 0.0326. The standard InChI is InChI=1S/C18H23N3O3S/c19-11-15-2-1-3-16(10-15)24-12-17(22)20-13-18(4-9-25-14-18)21-5-7-23-8-6-21/h1-3,10H,4-9,12-14H2,(H,20,22)/t18-/m0/s1. The summed E-state index contributed by atoms with van der Waals surface area (Å²) in [6, 6.07) is 8.89. The van der Waals surface area contributed by atoms with Crippen LogP contribution in [0.4, 0.5) is 0 Å². The fourth-order valence-corrected chi connectivity index (χ4v) is 4.73. The van der Waals surface area contributed by atoms with Crippen LogP contribution in [-0.4, -0.2) is 67.3 Å². The first kappa shape index (κ1) is 18.1. The number of ether oxygens (including phenoxy) is 2. The molecule has 0 aliphatic carbocycles. The van der Waals surface area contributed by atoms with Crippen molar-refractivity contribution in [3.63, 3.8) is 0 Å². The Kier molecular flexibility index (Phi) is 6.19. The van der Waals surface area contributed by atoms with Gasteiger partial charge in [0.05, 0.1) is 24.8 Å². The van der Waals surface area contributed by atoms with Gasteiger partial charge in [-0.3, -0.25) is 9.69 Å². The van der Waals surface area contributed by atoms with E-state index in [0.29, 0.717) is 17.9 Å². The van der Waals surface area contributed by atoms with Crippen molar-refractivity contribution in [3.8, 4) is 11.8 Å². The van der Waals surface area contributed by atoms with Gasteiger partial charge in [-0.2, -0.15) is 17.0 Å². The maximum atomic E-state index is 12.2. The number of nitrogens with one attached hydrogen (secondary N) is 1. The zero-order chi connectivity index (χ0) is 17.5. The van der Waals surface area contributed by atoms with Crippen LogP contribution in [0.25, 0.3) is 0 Å². The Morgan fingerprint density at radius 1 is 1.44 bits per heavy atom. The van der Waals surface area contributed by atoms with Gasteiger partial charge >= 0.3 is 0 Å². The summed E-state index contributed by atoms with van der Waals surface area (Å²) >= 11 is 1.95. The molecular weight excluding hydrogens is 338 g/mol. The molecule has 6 nitrogen and oxygen atoms in total. The maximum absolute atomic E-state index is 12.2. The number of nitrogens with zero attached hydrogens (tertiary/aromatic N) is 2. The van der Waals surface area contributed by atoms with Crippen LogP contribution in [0.1, 0.15) is 12.0 Å². The van der Waals surface area contributed by atoms with E-state index < -0.39 is 0 Å². The van der Waals surface area contributed by atoms with E-state index in [2.05, 4.69) is 16.3 Å². The lowest BCUT2D eigenvalue weighted by molar-refractivity contribution is -0.123. The number of morpholine rings is 1. The number of benzene rings is 1. The van der Waals surface area contributed by atoms with E-state index in [1.165, 1.54) is 0 Å². The highest BCUT2D eigenvalue weighted by atomic mass is 32.2. The maximum Gasteiger partial charge on any atom is 0.258 e.